The van der Waals surface area contributed by atoms with E-state index in [4.69, 9.17) is 0 Å². The molecule has 0 unspecified atom stereocenters. The zero-order valence-electron chi connectivity index (χ0n) is 8.83. The minimum absolute atomic E-state index is 0.538. The Labute approximate surface area is 90.5 Å². The number of rotatable bonds is 4. The van der Waals surface area contributed by atoms with E-state index < -0.39 is 0 Å². The molecule has 1 aliphatic rings. The molecular weight excluding hydrogens is 190 g/mol. The summed E-state index contributed by atoms with van der Waals surface area (Å²) in [7, 11) is 0. The Hall–Kier alpha value is -0.340. The average molecular weight is 209 g/mol. The van der Waals surface area contributed by atoms with Gasteiger partial charge in [0.15, 0.2) is 0 Å². The SMILES string of the molecule is C[C@H](NCC1CCCC1)c1cccs1. The van der Waals surface area contributed by atoms with Gasteiger partial charge in [0.1, 0.15) is 0 Å². The maximum Gasteiger partial charge on any atom is 0.0386 e. The van der Waals surface area contributed by atoms with E-state index in [1.807, 2.05) is 11.3 Å². The molecule has 2 rings (SSSR count). The van der Waals surface area contributed by atoms with Gasteiger partial charge in [0.25, 0.3) is 0 Å². The van der Waals surface area contributed by atoms with E-state index >= 15 is 0 Å². The molecule has 0 radical (unpaired) electrons. The minimum Gasteiger partial charge on any atom is -0.309 e. The first-order valence-electron chi connectivity index (χ1n) is 5.63. The normalized spacial score (nSPS) is 20.1. The quantitative estimate of drug-likeness (QED) is 0.799. The predicted octanol–water partition coefficient (Wildman–Crippen LogP) is 3.59. The van der Waals surface area contributed by atoms with Crippen molar-refractivity contribution in [1.82, 2.24) is 5.32 Å². The maximum absolute atomic E-state index is 3.64. The molecule has 1 nitrogen and oxygen atoms in total. The second-order valence-electron chi connectivity index (χ2n) is 4.30. The number of nitrogens with one attached hydrogen (secondary N) is 1. The third-order valence-corrected chi connectivity index (χ3v) is 4.21. The van der Waals surface area contributed by atoms with Gasteiger partial charge >= 0.3 is 0 Å². The molecule has 0 aliphatic heterocycles. The first kappa shape index (κ1) is 10.2. The monoisotopic (exact) mass is 209 g/mol. The van der Waals surface area contributed by atoms with Crippen molar-refractivity contribution in [2.75, 3.05) is 6.54 Å². The van der Waals surface area contributed by atoms with Crippen molar-refractivity contribution >= 4 is 11.3 Å². The number of hydrogen-bond donors (Lipinski definition) is 1. The summed E-state index contributed by atoms with van der Waals surface area (Å²) in [6.07, 6.45) is 5.76. The Morgan fingerprint density at radius 1 is 1.50 bits per heavy atom. The van der Waals surface area contributed by atoms with Crippen molar-refractivity contribution in [2.24, 2.45) is 5.92 Å². The highest BCUT2D eigenvalue weighted by atomic mass is 32.1. The van der Waals surface area contributed by atoms with Gasteiger partial charge in [0, 0.05) is 10.9 Å². The van der Waals surface area contributed by atoms with Crippen LogP contribution in [0.2, 0.25) is 0 Å². The lowest BCUT2D eigenvalue weighted by atomic mass is 10.1. The van der Waals surface area contributed by atoms with Gasteiger partial charge in [-0.15, -0.1) is 11.3 Å². The topological polar surface area (TPSA) is 12.0 Å². The zero-order chi connectivity index (χ0) is 9.80. The Kier molecular flexibility index (Phi) is 3.60. The van der Waals surface area contributed by atoms with E-state index in [0.717, 1.165) is 5.92 Å². The number of hydrogen-bond acceptors (Lipinski definition) is 2. The van der Waals surface area contributed by atoms with E-state index in [9.17, 15) is 0 Å². The molecule has 1 fully saturated rings. The highest BCUT2D eigenvalue weighted by Gasteiger charge is 2.15. The van der Waals surface area contributed by atoms with Gasteiger partial charge in [0.05, 0.1) is 0 Å². The molecule has 1 saturated carbocycles. The molecule has 1 heterocycles. The molecular formula is C12H19NS. The van der Waals surface area contributed by atoms with Crippen molar-refractivity contribution in [2.45, 2.75) is 38.6 Å². The molecule has 1 aromatic rings. The summed E-state index contributed by atoms with van der Waals surface area (Å²) in [5.74, 6) is 0.942. The predicted molar refractivity (Wildman–Crippen MR) is 62.7 cm³/mol. The van der Waals surface area contributed by atoms with E-state index in [1.54, 1.807) is 0 Å². The lowest BCUT2D eigenvalue weighted by Crippen LogP contribution is -2.23. The molecule has 1 N–H and O–H groups in total. The van der Waals surface area contributed by atoms with E-state index in [-0.39, 0.29) is 0 Å². The van der Waals surface area contributed by atoms with Crippen LogP contribution in [-0.4, -0.2) is 6.54 Å². The van der Waals surface area contributed by atoms with Crippen molar-refractivity contribution in [1.29, 1.82) is 0 Å². The van der Waals surface area contributed by atoms with Gasteiger partial charge in [-0.2, -0.15) is 0 Å². The first-order valence-corrected chi connectivity index (χ1v) is 6.51. The second-order valence-corrected chi connectivity index (χ2v) is 5.28. The van der Waals surface area contributed by atoms with Gasteiger partial charge in [-0.05, 0) is 43.7 Å². The molecule has 0 aromatic carbocycles. The van der Waals surface area contributed by atoms with E-state index in [1.165, 1.54) is 37.1 Å². The molecule has 78 valence electrons. The second kappa shape index (κ2) is 4.94. The van der Waals surface area contributed by atoms with Crippen LogP contribution in [0, 0.1) is 5.92 Å². The highest BCUT2D eigenvalue weighted by molar-refractivity contribution is 7.10. The summed E-state index contributed by atoms with van der Waals surface area (Å²) in [5.41, 5.74) is 0. The molecule has 14 heavy (non-hydrogen) atoms. The highest BCUT2D eigenvalue weighted by Crippen LogP contribution is 2.25. The molecule has 0 spiro atoms. The first-order chi connectivity index (χ1) is 6.86. The largest absolute Gasteiger partial charge is 0.309 e. The molecule has 2 heteroatoms. The van der Waals surface area contributed by atoms with E-state index in [0.29, 0.717) is 6.04 Å². The fraction of sp³-hybridized carbons (Fsp3) is 0.667. The van der Waals surface area contributed by atoms with Crippen molar-refractivity contribution < 1.29 is 0 Å². The van der Waals surface area contributed by atoms with Gasteiger partial charge in [-0.1, -0.05) is 18.9 Å². The number of thiophene rings is 1. The lowest BCUT2D eigenvalue weighted by Gasteiger charge is -2.15. The summed E-state index contributed by atoms with van der Waals surface area (Å²) in [6.45, 7) is 3.47. The molecule has 0 amide bonds. The molecule has 0 bridgehead atoms. The fourth-order valence-corrected chi connectivity index (χ4v) is 2.96. The summed E-state index contributed by atoms with van der Waals surface area (Å²) in [4.78, 5) is 1.46. The summed E-state index contributed by atoms with van der Waals surface area (Å²) < 4.78 is 0. The van der Waals surface area contributed by atoms with Crippen molar-refractivity contribution in [3.63, 3.8) is 0 Å². The Bertz CT molecular complexity index is 249. The summed E-state index contributed by atoms with van der Waals surface area (Å²) in [5, 5.41) is 5.79. The van der Waals surface area contributed by atoms with Crippen LogP contribution in [0.15, 0.2) is 17.5 Å². The van der Waals surface area contributed by atoms with Crippen LogP contribution in [-0.2, 0) is 0 Å². The van der Waals surface area contributed by atoms with Gasteiger partial charge in [-0.3, -0.25) is 0 Å². The van der Waals surface area contributed by atoms with Gasteiger partial charge in [-0.25, -0.2) is 0 Å². The molecule has 1 aliphatic carbocycles. The Balaban J connectivity index is 1.74. The van der Waals surface area contributed by atoms with Gasteiger partial charge < -0.3 is 5.32 Å². The summed E-state index contributed by atoms with van der Waals surface area (Å²) in [6, 6.07) is 4.89. The van der Waals surface area contributed by atoms with Crippen LogP contribution in [0.1, 0.15) is 43.5 Å². The summed E-state index contributed by atoms with van der Waals surface area (Å²) >= 11 is 1.85. The third kappa shape index (κ3) is 2.58. The van der Waals surface area contributed by atoms with Crippen molar-refractivity contribution in [3.05, 3.63) is 22.4 Å². The lowest BCUT2D eigenvalue weighted by molar-refractivity contribution is 0.455. The van der Waals surface area contributed by atoms with Crippen LogP contribution in [0.25, 0.3) is 0 Å². The maximum atomic E-state index is 3.64. The minimum atomic E-state index is 0.538. The standard InChI is InChI=1S/C12H19NS/c1-10(12-7-4-8-14-12)13-9-11-5-2-3-6-11/h4,7-8,10-11,13H,2-3,5-6,9H2,1H3/t10-/m0/s1. The van der Waals surface area contributed by atoms with Crippen LogP contribution < -0.4 is 5.32 Å². The van der Waals surface area contributed by atoms with Crippen molar-refractivity contribution in [3.8, 4) is 0 Å². The molecule has 1 atom stereocenters. The smallest absolute Gasteiger partial charge is 0.0386 e. The Morgan fingerprint density at radius 2 is 2.29 bits per heavy atom. The van der Waals surface area contributed by atoms with Crippen LogP contribution in [0.3, 0.4) is 0 Å². The fourth-order valence-electron chi connectivity index (χ4n) is 2.20. The van der Waals surface area contributed by atoms with Crippen LogP contribution in [0.4, 0.5) is 0 Å². The van der Waals surface area contributed by atoms with Gasteiger partial charge in [0.2, 0.25) is 0 Å². The van der Waals surface area contributed by atoms with E-state index in [2.05, 4.69) is 29.8 Å². The third-order valence-electron chi connectivity index (χ3n) is 3.16. The van der Waals surface area contributed by atoms with Crippen LogP contribution >= 0.6 is 11.3 Å². The Morgan fingerprint density at radius 3 is 2.93 bits per heavy atom. The zero-order valence-corrected chi connectivity index (χ0v) is 9.65. The van der Waals surface area contributed by atoms with Crippen LogP contribution in [0.5, 0.6) is 0 Å². The molecule has 1 aromatic heterocycles. The molecule has 0 saturated heterocycles. The average Bonchev–Trinajstić information content (AvgIpc) is 2.87.